The van der Waals surface area contributed by atoms with Gasteiger partial charge in [0, 0.05) is 11.1 Å². The fourth-order valence-electron chi connectivity index (χ4n) is 2.20. The zero-order chi connectivity index (χ0) is 14.0. The first-order chi connectivity index (χ1) is 9.04. The average molecular weight is 275 g/mol. The molecule has 0 saturated heterocycles. The Morgan fingerprint density at radius 2 is 1.68 bits per heavy atom. The molecule has 0 unspecified atom stereocenters. The molecule has 0 radical (unpaired) electrons. The predicted molar refractivity (Wildman–Crippen MR) is 77.4 cm³/mol. The third-order valence-corrected chi connectivity index (χ3v) is 3.37. The summed E-state index contributed by atoms with van der Waals surface area (Å²) in [7, 11) is 1.63. The number of rotatable bonds is 3. The van der Waals surface area contributed by atoms with Crippen molar-refractivity contribution >= 4 is 17.4 Å². The van der Waals surface area contributed by atoms with Crippen molar-refractivity contribution in [3.8, 4) is 5.75 Å². The molecular formula is C16H15ClO2. The Balaban J connectivity index is 2.49. The van der Waals surface area contributed by atoms with Crippen LogP contribution in [0.5, 0.6) is 5.75 Å². The summed E-state index contributed by atoms with van der Waals surface area (Å²) in [5.74, 6) is 0.746. The van der Waals surface area contributed by atoms with E-state index in [2.05, 4.69) is 0 Å². The van der Waals surface area contributed by atoms with Crippen molar-refractivity contribution in [3.63, 3.8) is 0 Å². The number of hydrogen-bond acceptors (Lipinski definition) is 2. The van der Waals surface area contributed by atoms with Crippen molar-refractivity contribution in [1.82, 2.24) is 0 Å². The van der Waals surface area contributed by atoms with E-state index in [4.69, 9.17) is 16.3 Å². The molecule has 0 aliphatic carbocycles. The van der Waals surface area contributed by atoms with Crippen LogP contribution in [0.4, 0.5) is 0 Å². The maximum Gasteiger partial charge on any atom is 0.194 e. The van der Waals surface area contributed by atoms with Gasteiger partial charge in [-0.25, -0.2) is 0 Å². The smallest absolute Gasteiger partial charge is 0.194 e. The molecule has 0 bridgehead atoms. The fourth-order valence-corrected chi connectivity index (χ4v) is 2.43. The van der Waals surface area contributed by atoms with Crippen LogP contribution in [0.15, 0.2) is 36.4 Å². The van der Waals surface area contributed by atoms with Gasteiger partial charge in [-0.15, -0.1) is 0 Å². The molecule has 0 aromatic heterocycles. The van der Waals surface area contributed by atoms with Crippen LogP contribution in [0.2, 0.25) is 5.02 Å². The Morgan fingerprint density at radius 1 is 1.11 bits per heavy atom. The van der Waals surface area contributed by atoms with E-state index >= 15 is 0 Å². The molecule has 0 spiro atoms. The second kappa shape index (κ2) is 5.45. The molecule has 0 amide bonds. The third kappa shape index (κ3) is 2.64. The molecule has 0 atom stereocenters. The molecule has 0 N–H and O–H groups in total. The van der Waals surface area contributed by atoms with Crippen LogP contribution in [-0.4, -0.2) is 12.9 Å². The lowest BCUT2D eigenvalue weighted by molar-refractivity contribution is 0.103. The molecule has 0 heterocycles. The lowest BCUT2D eigenvalue weighted by atomic mass is 9.98. The lowest BCUT2D eigenvalue weighted by Gasteiger charge is -2.11. The van der Waals surface area contributed by atoms with Gasteiger partial charge in [0.2, 0.25) is 0 Å². The minimum atomic E-state index is -0.0700. The summed E-state index contributed by atoms with van der Waals surface area (Å²) in [5.41, 5.74) is 3.04. The highest BCUT2D eigenvalue weighted by molar-refractivity contribution is 6.35. The first-order valence-electron chi connectivity index (χ1n) is 5.99. The number of benzene rings is 2. The van der Waals surface area contributed by atoms with Gasteiger partial charge in [0.15, 0.2) is 5.78 Å². The Hall–Kier alpha value is -1.80. The molecule has 0 saturated carbocycles. The number of carbonyl (C=O) groups is 1. The first-order valence-corrected chi connectivity index (χ1v) is 6.37. The van der Waals surface area contributed by atoms with Gasteiger partial charge in [-0.3, -0.25) is 4.79 Å². The van der Waals surface area contributed by atoms with Crippen molar-refractivity contribution in [1.29, 1.82) is 0 Å². The molecule has 2 aromatic rings. The standard InChI is InChI=1S/C16H15ClO2/c1-10-8-12(9-11(2)16(10)19-3)15(18)13-6-4-5-7-14(13)17/h4-9H,1-3H3. The third-order valence-electron chi connectivity index (χ3n) is 3.05. The van der Waals surface area contributed by atoms with Gasteiger partial charge in [0.1, 0.15) is 5.75 Å². The van der Waals surface area contributed by atoms with Crippen molar-refractivity contribution in [2.24, 2.45) is 0 Å². The van der Waals surface area contributed by atoms with Gasteiger partial charge >= 0.3 is 0 Å². The van der Waals surface area contributed by atoms with E-state index in [9.17, 15) is 4.79 Å². The van der Waals surface area contributed by atoms with Gasteiger partial charge in [-0.2, -0.15) is 0 Å². The SMILES string of the molecule is COc1c(C)cc(C(=O)c2ccccc2Cl)cc1C. The number of methoxy groups -OCH3 is 1. The number of aryl methyl sites for hydroxylation is 2. The Labute approximate surface area is 118 Å². The van der Waals surface area contributed by atoms with E-state index < -0.39 is 0 Å². The van der Waals surface area contributed by atoms with E-state index in [-0.39, 0.29) is 5.78 Å². The number of carbonyl (C=O) groups excluding carboxylic acids is 1. The van der Waals surface area contributed by atoms with Crippen molar-refractivity contribution in [2.75, 3.05) is 7.11 Å². The second-order valence-electron chi connectivity index (χ2n) is 4.45. The summed E-state index contributed by atoms with van der Waals surface area (Å²) in [6.45, 7) is 3.85. The highest BCUT2D eigenvalue weighted by atomic mass is 35.5. The van der Waals surface area contributed by atoms with Crippen LogP contribution >= 0.6 is 11.6 Å². The minimum Gasteiger partial charge on any atom is -0.496 e. The molecule has 2 nitrogen and oxygen atoms in total. The van der Waals surface area contributed by atoms with Gasteiger partial charge in [0.25, 0.3) is 0 Å². The van der Waals surface area contributed by atoms with Crippen LogP contribution < -0.4 is 4.74 Å². The zero-order valence-electron chi connectivity index (χ0n) is 11.2. The van der Waals surface area contributed by atoms with Crippen LogP contribution in [0.3, 0.4) is 0 Å². The monoisotopic (exact) mass is 274 g/mol. The van der Waals surface area contributed by atoms with Gasteiger partial charge < -0.3 is 4.74 Å². The van der Waals surface area contributed by atoms with E-state index in [0.717, 1.165) is 16.9 Å². The predicted octanol–water partition coefficient (Wildman–Crippen LogP) is 4.20. The molecule has 2 rings (SSSR count). The van der Waals surface area contributed by atoms with Crippen LogP contribution in [0.1, 0.15) is 27.0 Å². The molecule has 3 heteroatoms. The van der Waals surface area contributed by atoms with E-state index in [1.165, 1.54) is 0 Å². The first kappa shape index (κ1) is 13.6. The molecule has 0 aliphatic rings. The van der Waals surface area contributed by atoms with Gasteiger partial charge in [-0.05, 0) is 49.2 Å². The largest absolute Gasteiger partial charge is 0.496 e. The highest BCUT2D eigenvalue weighted by Crippen LogP contribution is 2.27. The summed E-state index contributed by atoms with van der Waals surface area (Å²) in [6, 6.07) is 10.7. The number of ketones is 1. The molecule has 0 fully saturated rings. The van der Waals surface area contributed by atoms with Crippen LogP contribution in [-0.2, 0) is 0 Å². The fraction of sp³-hybridized carbons (Fsp3) is 0.188. The minimum absolute atomic E-state index is 0.0700. The van der Waals surface area contributed by atoms with Crippen LogP contribution in [0.25, 0.3) is 0 Å². The molecular weight excluding hydrogens is 260 g/mol. The van der Waals surface area contributed by atoms with Crippen molar-refractivity contribution in [3.05, 3.63) is 63.7 Å². The summed E-state index contributed by atoms with van der Waals surface area (Å²) in [6.07, 6.45) is 0. The number of halogens is 1. The maximum atomic E-state index is 12.4. The van der Waals surface area contributed by atoms with Crippen molar-refractivity contribution in [2.45, 2.75) is 13.8 Å². The van der Waals surface area contributed by atoms with Crippen LogP contribution in [0, 0.1) is 13.8 Å². The zero-order valence-corrected chi connectivity index (χ0v) is 11.9. The van der Waals surface area contributed by atoms with E-state index in [0.29, 0.717) is 16.1 Å². The molecule has 98 valence electrons. The lowest BCUT2D eigenvalue weighted by Crippen LogP contribution is -2.04. The summed E-state index contributed by atoms with van der Waals surface area (Å²) >= 11 is 6.06. The Bertz CT molecular complexity index is 609. The topological polar surface area (TPSA) is 26.3 Å². The summed E-state index contributed by atoms with van der Waals surface area (Å²) < 4.78 is 5.30. The molecule has 0 aliphatic heterocycles. The Kier molecular flexibility index (Phi) is 3.91. The molecule has 19 heavy (non-hydrogen) atoms. The average Bonchev–Trinajstić information content (AvgIpc) is 2.38. The molecule has 2 aromatic carbocycles. The number of ether oxygens (including phenoxy) is 1. The van der Waals surface area contributed by atoms with Gasteiger partial charge in [-0.1, -0.05) is 23.7 Å². The Morgan fingerprint density at radius 3 is 2.21 bits per heavy atom. The highest BCUT2D eigenvalue weighted by Gasteiger charge is 2.15. The van der Waals surface area contributed by atoms with E-state index in [1.54, 1.807) is 19.2 Å². The second-order valence-corrected chi connectivity index (χ2v) is 4.86. The summed E-state index contributed by atoms with van der Waals surface area (Å²) in [4.78, 5) is 12.4. The summed E-state index contributed by atoms with van der Waals surface area (Å²) in [5, 5.41) is 0.471. The van der Waals surface area contributed by atoms with Gasteiger partial charge in [0.05, 0.1) is 12.1 Å². The van der Waals surface area contributed by atoms with Crippen molar-refractivity contribution < 1.29 is 9.53 Å². The van der Waals surface area contributed by atoms with E-state index in [1.807, 2.05) is 38.1 Å². The normalized spacial score (nSPS) is 10.3. The number of hydrogen-bond donors (Lipinski definition) is 0. The maximum absolute atomic E-state index is 12.4. The quantitative estimate of drug-likeness (QED) is 0.784.